The van der Waals surface area contributed by atoms with E-state index in [0.717, 1.165) is 16.5 Å². The van der Waals surface area contributed by atoms with Crippen molar-refractivity contribution in [3.05, 3.63) is 52.2 Å². The van der Waals surface area contributed by atoms with E-state index in [9.17, 15) is 4.79 Å². The summed E-state index contributed by atoms with van der Waals surface area (Å²) < 4.78 is 7.33. The molecule has 3 aromatic heterocycles. The summed E-state index contributed by atoms with van der Waals surface area (Å²) in [6, 6.07) is 3.52. The summed E-state index contributed by atoms with van der Waals surface area (Å²) in [4.78, 5) is 17.0. The lowest BCUT2D eigenvalue weighted by molar-refractivity contribution is -0.117. The molecule has 114 valence electrons. The Hall–Kier alpha value is -2.05. The molecule has 0 bridgehead atoms. The van der Waals surface area contributed by atoms with E-state index in [1.54, 1.807) is 6.08 Å². The number of amides is 1. The Morgan fingerprint density at radius 2 is 2.36 bits per heavy atom. The molecule has 0 spiro atoms. The Bertz CT molecular complexity index is 846. The van der Waals surface area contributed by atoms with Crippen LogP contribution in [0.5, 0.6) is 0 Å². The maximum atomic E-state index is 12.0. The molecular formula is C15H14ClN3O2S. The second kappa shape index (κ2) is 5.98. The number of fused-ring (bicyclic) bond motifs is 1. The van der Waals surface area contributed by atoms with Crippen LogP contribution in [-0.4, -0.2) is 15.3 Å². The van der Waals surface area contributed by atoms with Crippen LogP contribution >= 0.6 is 22.9 Å². The topological polar surface area (TPSA) is 59.5 Å². The van der Waals surface area contributed by atoms with Gasteiger partial charge in [0.1, 0.15) is 11.5 Å². The molecule has 3 heterocycles. The van der Waals surface area contributed by atoms with E-state index >= 15 is 0 Å². The number of aryl methyl sites for hydroxylation is 1. The highest BCUT2D eigenvalue weighted by Crippen LogP contribution is 2.22. The first-order valence-corrected chi connectivity index (χ1v) is 7.96. The molecule has 5 nitrogen and oxygen atoms in total. The third kappa shape index (κ3) is 2.93. The molecule has 0 saturated carbocycles. The first kappa shape index (κ1) is 14.9. The number of hydrogen-bond donors (Lipinski definition) is 1. The van der Waals surface area contributed by atoms with E-state index in [1.807, 2.05) is 42.0 Å². The van der Waals surface area contributed by atoms with Crippen LogP contribution in [0.1, 0.15) is 30.2 Å². The highest BCUT2D eigenvalue weighted by atomic mass is 35.5. The first-order chi connectivity index (χ1) is 10.5. The fourth-order valence-electron chi connectivity index (χ4n) is 2.10. The number of rotatable bonds is 4. The molecule has 1 atom stereocenters. The molecule has 0 fully saturated rings. The van der Waals surface area contributed by atoms with Crippen molar-refractivity contribution in [1.82, 2.24) is 14.7 Å². The van der Waals surface area contributed by atoms with Crippen LogP contribution in [0.15, 0.2) is 34.2 Å². The van der Waals surface area contributed by atoms with Crippen molar-refractivity contribution >= 4 is 39.9 Å². The minimum absolute atomic E-state index is 0.201. The molecule has 0 aliphatic carbocycles. The van der Waals surface area contributed by atoms with Gasteiger partial charge in [-0.2, -0.15) is 0 Å². The van der Waals surface area contributed by atoms with Gasteiger partial charge < -0.3 is 9.73 Å². The number of halogens is 1. The number of furan rings is 1. The predicted molar refractivity (Wildman–Crippen MR) is 87.1 cm³/mol. The summed E-state index contributed by atoms with van der Waals surface area (Å²) in [5, 5.41) is 5.14. The maximum absolute atomic E-state index is 12.0. The number of carbonyl (C=O) groups is 1. The summed E-state index contributed by atoms with van der Waals surface area (Å²) in [6.07, 6.45) is 4.97. The van der Waals surface area contributed by atoms with Crippen LogP contribution < -0.4 is 5.32 Å². The Balaban J connectivity index is 1.71. The van der Waals surface area contributed by atoms with Gasteiger partial charge in [0.2, 0.25) is 5.91 Å². The van der Waals surface area contributed by atoms with Crippen LogP contribution in [0.2, 0.25) is 5.15 Å². The molecule has 3 aromatic rings. The van der Waals surface area contributed by atoms with Crippen LogP contribution in [0.3, 0.4) is 0 Å². The minimum Gasteiger partial charge on any atom is -0.464 e. The molecule has 0 radical (unpaired) electrons. The largest absolute Gasteiger partial charge is 0.464 e. The number of imidazole rings is 1. The van der Waals surface area contributed by atoms with Crippen molar-refractivity contribution in [2.75, 3.05) is 0 Å². The highest BCUT2D eigenvalue weighted by molar-refractivity contribution is 7.15. The zero-order valence-corrected chi connectivity index (χ0v) is 13.6. The molecule has 0 saturated heterocycles. The van der Waals surface area contributed by atoms with Crippen molar-refractivity contribution in [2.24, 2.45) is 0 Å². The van der Waals surface area contributed by atoms with Crippen LogP contribution in [0.4, 0.5) is 0 Å². The molecule has 0 aliphatic heterocycles. The normalized spacial score (nSPS) is 13.0. The monoisotopic (exact) mass is 335 g/mol. The molecule has 1 unspecified atom stereocenters. The Labute approximate surface area is 136 Å². The average molecular weight is 336 g/mol. The Morgan fingerprint density at radius 1 is 1.55 bits per heavy atom. The maximum Gasteiger partial charge on any atom is 0.244 e. The van der Waals surface area contributed by atoms with Gasteiger partial charge in [-0.15, -0.1) is 11.3 Å². The number of nitrogens with zero attached hydrogens (tertiary/aromatic N) is 2. The SMILES string of the molecule is Cc1ccc(C(C)NC(=O)/C=C/c2c(Cl)nc3sccn23)o1. The second-order valence-electron chi connectivity index (χ2n) is 4.86. The molecule has 22 heavy (non-hydrogen) atoms. The molecular weight excluding hydrogens is 322 g/mol. The van der Waals surface area contributed by atoms with Crippen molar-refractivity contribution in [2.45, 2.75) is 19.9 Å². The smallest absolute Gasteiger partial charge is 0.244 e. The van der Waals surface area contributed by atoms with E-state index in [4.69, 9.17) is 16.0 Å². The van der Waals surface area contributed by atoms with Gasteiger partial charge in [-0.25, -0.2) is 4.98 Å². The van der Waals surface area contributed by atoms with Crippen molar-refractivity contribution in [3.8, 4) is 0 Å². The predicted octanol–water partition coefficient (Wildman–Crippen LogP) is 3.84. The number of nitrogens with one attached hydrogen (secondary N) is 1. The summed E-state index contributed by atoms with van der Waals surface area (Å²) in [5.74, 6) is 1.32. The Kier molecular flexibility index (Phi) is 4.04. The van der Waals surface area contributed by atoms with Gasteiger partial charge in [-0.3, -0.25) is 9.20 Å². The lowest BCUT2D eigenvalue weighted by Gasteiger charge is -2.09. The zero-order valence-electron chi connectivity index (χ0n) is 12.0. The number of hydrogen-bond acceptors (Lipinski definition) is 4. The van der Waals surface area contributed by atoms with Gasteiger partial charge in [0, 0.05) is 17.7 Å². The number of carbonyl (C=O) groups excluding carboxylic acids is 1. The number of thiazole rings is 1. The van der Waals surface area contributed by atoms with Gasteiger partial charge >= 0.3 is 0 Å². The van der Waals surface area contributed by atoms with Gasteiger partial charge in [-0.1, -0.05) is 11.6 Å². The molecule has 0 aliphatic rings. The van der Waals surface area contributed by atoms with Crippen LogP contribution in [0, 0.1) is 6.92 Å². The average Bonchev–Trinajstić information content (AvgIpc) is 3.13. The van der Waals surface area contributed by atoms with Gasteiger partial charge in [0.15, 0.2) is 10.1 Å². The first-order valence-electron chi connectivity index (χ1n) is 6.70. The van der Waals surface area contributed by atoms with E-state index in [-0.39, 0.29) is 11.9 Å². The summed E-state index contributed by atoms with van der Waals surface area (Å²) >= 11 is 7.56. The summed E-state index contributed by atoms with van der Waals surface area (Å²) in [5.41, 5.74) is 0.689. The lowest BCUT2D eigenvalue weighted by atomic mass is 10.2. The van der Waals surface area contributed by atoms with Crippen molar-refractivity contribution < 1.29 is 9.21 Å². The third-order valence-corrected chi connectivity index (χ3v) is 4.23. The Morgan fingerprint density at radius 3 is 3.09 bits per heavy atom. The molecule has 1 amide bonds. The van der Waals surface area contributed by atoms with E-state index in [2.05, 4.69) is 10.3 Å². The fourth-order valence-corrected chi connectivity index (χ4v) is 3.10. The van der Waals surface area contributed by atoms with Crippen molar-refractivity contribution in [3.63, 3.8) is 0 Å². The summed E-state index contributed by atoms with van der Waals surface area (Å²) in [6.45, 7) is 3.73. The van der Waals surface area contributed by atoms with Gasteiger partial charge in [0.05, 0.1) is 11.7 Å². The quantitative estimate of drug-likeness (QED) is 0.737. The molecule has 0 aromatic carbocycles. The standard InChI is InChI=1S/C15H14ClN3O2S/c1-9-3-5-12(21-9)10(2)17-13(20)6-4-11-14(16)18-15-19(11)7-8-22-15/h3-8,10H,1-2H3,(H,17,20)/b6-4+. The number of aromatic nitrogens is 2. The van der Waals surface area contributed by atoms with Crippen molar-refractivity contribution in [1.29, 1.82) is 0 Å². The van der Waals surface area contributed by atoms with E-state index in [0.29, 0.717) is 10.8 Å². The molecule has 7 heteroatoms. The molecule has 1 N–H and O–H groups in total. The fraction of sp³-hybridized carbons (Fsp3) is 0.200. The zero-order chi connectivity index (χ0) is 15.7. The van der Waals surface area contributed by atoms with Gasteiger partial charge in [-0.05, 0) is 32.1 Å². The summed E-state index contributed by atoms with van der Waals surface area (Å²) in [7, 11) is 0. The minimum atomic E-state index is -0.220. The van der Waals surface area contributed by atoms with E-state index < -0.39 is 0 Å². The van der Waals surface area contributed by atoms with Crippen LogP contribution in [0.25, 0.3) is 11.0 Å². The third-order valence-electron chi connectivity index (χ3n) is 3.19. The van der Waals surface area contributed by atoms with Gasteiger partial charge in [0.25, 0.3) is 0 Å². The van der Waals surface area contributed by atoms with E-state index in [1.165, 1.54) is 17.4 Å². The molecule has 3 rings (SSSR count). The van der Waals surface area contributed by atoms with Crippen LogP contribution in [-0.2, 0) is 4.79 Å². The highest BCUT2D eigenvalue weighted by Gasteiger charge is 2.12. The second-order valence-corrected chi connectivity index (χ2v) is 6.09. The lowest BCUT2D eigenvalue weighted by Crippen LogP contribution is -2.24.